The van der Waals surface area contributed by atoms with Gasteiger partial charge in [-0.1, -0.05) is 13.0 Å². The number of nitrogens with one attached hydrogen (secondary N) is 1. The summed E-state index contributed by atoms with van der Waals surface area (Å²) in [5, 5.41) is 7.07. The Hall–Kier alpha value is -1.93. The van der Waals surface area contributed by atoms with Crippen LogP contribution in [0, 0.1) is 5.92 Å². The zero-order valence-electron chi connectivity index (χ0n) is 15.0. The maximum atomic E-state index is 13.1. The normalized spacial score (nSPS) is 21.9. The van der Waals surface area contributed by atoms with Crippen LogP contribution in [0.3, 0.4) is 0 Å². The van der Waals surface area contributed by atoms with Gasteiger partial charge < -0.3 is 5.32 Å². The lowest BCUT2D eigenvalue weighted by atomic mass is 9.93. The minimum atomic E-state index is -4.37. The highest BCUT2D eigenvalue weighted by Gasteiger charge is 2.36. The number of aromatic nitrogens is 3. The van der Waals surface area contributed by atoms with Gasteiger partial charge >= 0.3 is 6.18 Å². The predicted octanol–water partition coefficient (Wildman–Crippen LogP) is 2.83. The number of nitrogens with zero attached hydrogens (tertiary/aromatic N) is 4. The molecule has 26 heavy (non-hydrogen) atoms. The van der Waals surface area contributed by atoms with Gasteiger partial charge in [-0.05, 0) is 24.5 Å². The van der Waals surface area contributed by atoms with E-state index in [1.807, 2.05) is 18.2 Å². The molecule has 2 atom stereocenters. The van der Waals surface area contributed by atoms with Crippen molar-refractivity contribution in [1.82, 2.24) is 25.0 Å². The second-order valence-corrected chi connectivity index (χ2v) is 6.94. The number of rotatable bonds is 5. The van der Waals surface area contributed by atoms with E-state index >= 15 is 0 Å². The summed E-state index contributed by atoms with van der Waals surface area (Å²) in [6.45, 7) is 4.90. The summed E-state index contributed by atoms with van der Waals surface area (Å²) in [6.07, 6.45) is -0.786. The van der Waals surface area contributed by atoms with Gasteiger partial charge in [0, 0.05) is 45.5 Å². The summed E-state index contributed by atoms with van der Waals surface area (Å²) >= 11 is 0. The first-order chi connectivity index (χ1) is 12.3. The number of pyridine rings is 1. The van der Waals surface area contributed by atoms with Crippen LogP contribution in [0.4, 0.5) is 13.2 Å². The minimum absolute atomic E-state index is 0.167. The van der Waals surface area contributed by atoms with E-state index in [9.17, 15) is 13.2 Å². The first-order valence-corrected chi connectivity index (χ1v) is 8.78. The number of aryl methyl sites for hydroxylation is 1. The fourth-order valence-electron chi connectivity index (χ4n) is 3.54. The third kappa shape index (κ3) is 4.42. The van der Waals surface area contributed by atoms with Crippen LogP contribution in [0.5, 0.6) is 0 Å². The Kier molecular flexibility index (Phi) is 5.62. The van der Waals surface area contributed by atoms with Crippen molar-refractivity contribution < 1.29 is 13.2 Å². The van der Waals surface area contributed by atoms with Gasteiger partial charge in [0.25, 0.3) is 0 Å². The molecule has 1 fully saturated rings. The quantitative estimate of drug-likeness (QED) is 0.883. The predicted molar refractivity (Wildman–Crippen MR) is 92.1 cm³/mol. The third-order valence-electron chi connectivity index (χ3n) is 5.00. The van der Waals surface area contributed by atoms with Crippen LogP contribution >= 0.6 is 0 Å². The average molecular weight is 367 g/mol. The van der Waals surface area contributed by atoms with Gasteiger partial charge in [-0.25, -0.2) is 0 Å². The molecular formula is C18H24F3N5. The largest absolute Gasteiger partial charge is 0.419 e. The van der Waals surface area contributed by atoms with Crippen molar-refractivity contribution >= 4 is 0 Å². The highest BCUT2D eigenvalue weighted by atomic mass is 19.4. The van der Waals surface area contributed by atoms with E-state index in [-0.39, 0.29) is 18.3 Å². The van der Waals surface area contributed by atoms with E-state index in [0.29, 0.717) is 5.92 Å². The van der Waals surface area contributed by atoms with Crippen LogP contribution in [0.15, 0.2) is 30.6 Å². The van der Waals surface area contributed by atoms with Crippen LogP contribution in [-0.2, 0) is 26.3 Å². The van der Waals surface area contributed by atoms with Crippen molar-refractivity contribution in [2.24, 2.45) is 13.0 Å². The Labute approximate surface area is 151 Å². The second kappa shape index (κ2) is 7.75. The Morgan fingerprint density at radius 1 is 1.31 bits per heavy atom. The SMILES string of the molecule is CC1CN(Cc2ccccn2)CCC1NCc1c(C(F)(F)F)cnn1C. The molecule has 0 spiro atoms. The fourth-order valence-corrected chi connectivity index (χ4v) is 3.54. The first kappa shape index (κ1) is 18.8. The molecule has 1 aliphatic heterocycles. The van der Waals surface area contributed by atoms with E-state index in [1.165, 1.54) is 4.68 Å². The molecule has 2 aromatic heterocycles. The molecule has 3 rings (SSSR count). The molecular weight excluding hydrogens is 343 g/mol. The smallest absolute Gasteiger partial charge is 0.308 e. The summed E-state index contributed by atoms with van der Waals surface area (Å²) in [7, 11) is 1.55. The Morgan fingerprint density at radius 3 is 2.77 bits per heavy atom. The van der Waals surface area contributed by atoms with Crippen molar-refractivity contribution in [2.75, 3.05) is 13.1 Å². The Morgan fingerprint density at radius 2 is 2.12 bits per heavy atom. The molecule has 142 valence electrons. The summed E-state index contributed by atoms with van der Waals surface area (Å²) in [6, 6.07) is 6.07. The maximum absolute atomic E-state index is 13.1. The van der Waals surface area contributed by atoms with Gasteiger partial charge in [-0.15, -0.1) is 0 Å². The standard InChI is InChI=1S/C18H24F3N5/c1-13-11-26(12-14-5-3-4-7-22-14)8-6-16(13)23-10-17-15(18(19,20)21)9-24-25(17)2/h3-5,7,9,13,16,23H,6,8,10-12H2,1-2H3. The molecule has 0 amide bonds. The molecule has 8 heteroatoms. The van der Waals surface area contributed by atoms with E-state index in [2.05, 4.69) is 27.2 Å². The van der Waals surface area contributed by atoms with Gasteiger partial charge in [0.05, 0.1) is 23.1 Å². The van der Waals surface area contributed by atoms with Crippen molar-refractivity contribution in [3.63, 3.8) is 0 Å². The molecule has 0 radical (unpaired) electrons. The summed E-state index contributed by atoms with van der Waals surface area (Å²) in [5.41, 5.74) is 0.559. The average Bonchev–Trinajstić information content (AvgIpc) is 2.96. The van der Waals surface area contributed by atoms with Crippen molar-refractivity contribution in [3.05, 3.63) is 47.5 Å². The van der Waals surface area contributed by atoms with E-state index in [4.69, 9.17) is 0 Å². The van der Waals surface area contributed by atoms with Crippen molar-refractivity contribution in [2.45, 2.75) is 38.7 Å². The molecule has 2 aromatic rings. The number of alkyl halides is 3. The van der Waals surface area contributed by atoms with Crippen LogP contribution < -0.4 is 5.32 Å². The van der Waals surface area contributed by atoms with Gasteiger partial charge in [0.2, 0.25) is 0 Å². The zero-order chi connectivity index (χ0) is 18.7. The molecule has 1 aliphatic rings. The molecule has 1 N–H and O–H groups in total. The fraction of sp³-hybridized carbons (Fsp3) is 0.556. The summed E-state index contributed by atoms with van der Waals surface area (Å²) < 4.78 is 40.5. The van der Waals surface area contributed by atoms with Gasteiger partial charge in [0.15, 0.2) is 0 Å². The third-order valence-corrected chi connectivity index (χ3v) is 5.00. The Bertz CT molecular complexity index is 713. The highest BCUT2D eigenvalue weighted by molar-refractivity contribution is 5.21. The molecule has 0 aliphatic carbocycles. The zero-order valence-corrected chi connectivity index (χ0v) is 15.0. The molecule has 0 bridgehead atoms. The lowest BCUT2D eigenvalue weighted by molar-refractivity contribution is -0.138. The highest BCUT2D eigenvalue weighted by Crippen LogP contribution is 2.31. The van der Waals surface area contributed by atoms with Crippen molar-refractivity contribution in [1.29, 1.82) is 0 Å². The number of hydrogen-bond acceptors (Lipinski definition) is 4. The Balaban J connectivity index is 1.56. The van der Waals surface area contributed by atoms with Crippen LogP contribution in [0.1, 0.15) is 30.3 Å². The second-order valence-electron chi connectivity index (χ2n) is 6.94. The summed E-state index contributed by atoms with van der Waals surface area (Å²) in [5.74, 6) is 0.343. The van der Waals surface area contributed by atoms with E-state index < -0.39 is 11.7 Å². The van der Waals surface area contributed by atoms with Gasteiger partial charge in [-0.3, -0.25) is 14.6 Å². The monoisotopic (exact) mass is 367 g/mol. The molecule has 1 saturated heterocycles. The lowest BCUT2D eigenvalue weighted by Crippen LogP contribution is -2.48. The summed E-state index contributed by atoms with van der Waals surface area (Å²) in [4.78, 5) is 6.70. The number of hydrogen-bond donors (Lipinski definition) is 1. The molecule has 0 saturated carbocycles. The topological polar surface area (TPSA) is 46.0 Å². The van der Waals surface area contributed by atoms with Gasteiger partial charge in [-0.2, -0.15) is 18.3 Å². The lowest BCUT2D eigenvalue weighted by Gasteiger charge is -2.37. The first-order valence-electron chi connectivity index (χ1n) is 8.78. The van der Waals surface area contributed by atoms with Crippen LogP contribution in [-0.4, -0.2) is 38.8 Å². The van der Waals surface area contributed by atoms with E-state index in [0.717, 1.165) is 37.9 Å². The number of piperidine rings is 1. The molecule has 0 aromatic carbocycles. The molecule has 2 unspecified atom stereocenters. The maximum Gasteiger partial charge on any atom is 0.419 e. The van der Waals surface area contributed by atoms with Gasteiger partial charge in [0.1, 0.15) is 0 Å². The van der Waals surface area contributed by atoms with E-state index in [1.54, 1.807) is 13.2 Å². The van der Waals surface area contributed by atoms with Crippen LogP contribution in [0.2, 0.25) is 0 Å². The molecule has 3 heterocycles. The number of likely N-dealkylation sites (tertiary alicyclic amines) is 1. The van der Waals surface area contributed by atoms with Crippen molar-refractivity contribution in [3.8, 4) is 0 Å². The molecule has 5 nitrogen and oxygen atoms in total. The minimum Gasteiger partial charge on any atom is -0.308 e. The number of halogens is 3. The van der Waals surface area contributed by atoms with Crippen LogP contribution in [0.25, 0.3) is 0 Å².